The lowest BCUT2D eigenvalue weighted by molar-refractivity contribution is 0.104. The fourth-order valence-electron chi connectivity index (χ4n) is 3.09. The van der Waals surface area contributed by atoms with Gasteiger partial charge in [0.25, 0.3) is 0 Å². The van der Waals surface area contributed by atoms with Crippen molar-refractivity contribution in [2.24, 2.45) is 0 Å². The summed E-state index contributed by atoms with van der Waals surface area (Å²) < 4.78 is 12.7. The summed E-state index contributed by atoms with van der Waals surface area (Å²) in [5.41, 5.74) is 1.57. The fraction of sp³-hybridized carbons (Fsp3) is 0.318. The molecule has 0 heterocycles. The van der Waals surface area contributed by atoms with E-state index in [4.69, 9.17) is 9.47 Å². The minimum atomic E-state index is -0.0319. The van der Waals surface area contributed by atoms with E-state index < -0.39 is 0 Å². The smallest absolute Gasteiger partial charge is 0.185 e. The summed E-state index contributed by atoms with van der Waals surface area (Å²) in [5, 5.41) is 0. The Kier molecular flexibility index (Phi) is 6.51. The van der Waals surface area contributed by atoms with Crippen LogP contribution in [-0.4, -0.2) is 18.5 Å². The number of carbonyl (C=O) groups excluding carboxylic acids is 1. The van der Waals surface area contributed by atoms with Gasteiger partial charge in [0.15, 0.2) is 17.3 Å². The quantitative estimate of drug-likeness (QED) is 0.407. The lowest BCUT2D eigenvalue weighted by Crippen LogP contribution is -2.11. The molecule has 1 aliphatic carbocycles. The molecule has 2 aromatic carbocycles. The van der Waals surface area contributed by atoms with Gasteiger partial charge in [-0.15, -0.1) is 0 Å². The summed E-state index contributed by atoms with van der Waals surface area (Å²) in [6.45, 7) is 2.53. The van der Waals surface area contributed by atoms with Crippen LogP contribution in [0.15, 0.2) is 53.0 Å². The molecule has 2 aromatic rings. The second-order valence-corrected chi connectivity index (χ2v) is 7.29. The van der Waals surface area contributed by atoms with E-state index in [-0.39, 0.29) is 11.9 Å². The van der Waals surface area contributed by atoms with Crippen LogP contribution in [0, 0.1) is 0 Å². The molecular weight excluding hydrogens is 392 g/mol. The molecule has 1 aliphatic rings. The molecule has 3 nitrogen and oxygen atoms in total. The Morgan fingerprint density at radius 1 is 1.15 bits per heavy atom. The van der Waals surface area contributed by atoms with Gasteiger partial charge in [0.1, 0.15) is 0 Å². The molecule has 1 fully saturated rings. The molecular formula is C22H23BrO3. The SMILES string of the molecule is CCOc1cc(/C=C/C(=O)c2cccc(Br)c2)ccc1OC1CCCC1. The summed E-state index contributed by atoms with van der Waals surface area (Å²) in [6.07, 6.45) is 8.35. The summed E-state index contributed by atoms with van der Waals surface area (Å²) in [4.78, 5) is 12.3. The third-order valence-corrected chi connectivity index (χ3v) is 4.89. The van der Waals surface area contributed by atoms with Gasteiger partial charge in [-0.3, -0.25) is 4.79 Å². The summed E-state index contributed by atoms with van der Waals surface area (Å²) >= 11 is 3.39. The molecule has 1 saturated carbocycles. The molecule has 0 N–H and O–H groups in total. The van der Waals surface area contributed by atoms with E-state index in [1.807, 2.05) is 55.5 Å². The molecule has 0 aromatic heterocycles. The lowest BCUT2D eigenvalue weighted by Gasteiger charge is -2.17. The molecule has 0 unspecified atom stereocenters. The predicted molar refractivity (Wildman–Crippen MR) is 108 cm³/mol. The van der Waals surface area contributed by atoms with Crippen molar-refractivity contribution in [3.05, 3.63) is 64.1 Å². The van der Waals surface area contributed by atoms with Crippen LogP contribution in [0.1, 0.15) is 48.5 Å². The zero-order chi connectivity index (χ0) is 18.4. The van der Waals surface area contributed by atoms with Gasteiger partial charge in [0.05, 0.1) is 12.7 Å². The molecule has 26 heavy (non-hydrogen) atoms. The number of ether oxygens (including phenoxy) is 2. The van der Waals surface area contributed by atoms with Crippen LogP contribution >= 0.6 is 15.9 Å². The van der Waals surface area contributed by atoms with Crippen LogP contribution in [0.25, 0.3) is 6.08 Å². The Morgan fingerprint density at radius 2 is 1.96 bits per heavy atom. The second-order valence-electron chi connectivity index (χ2n) is 6.37. The molecule has 136 valence electrons. The number of rotatable bonds is 7. The number of hydrogen-bond acceptors (Lipinski definition) is 3. The van der Waals surface area contributed by atoms with Crippen molar-refractivity contribution < 1.29 is 14.3 Å². The maximum atomic E-state index is 12.3. The van der Waals surface area contributed by atoms with Crippen molar-refractivity contribution in [3.63, 3.8) is 0 Å². The molecule has 0 aliphatic heterocycles. The van der Waals surface area contributed by atoms with Crippen molar-refractivity contribution in [1.82, 2.24) is 0 Å². The zero-order valence-corrected chi connectivity index (χ0v) is 16.5. The third-order valence-electron chi connectivity index (χ3n) is 4.40. The van der Waals surface area contributed by atoms with E-state index in [9.17, 15) is 4.79 Å². The van der Waals surface area contributed by atoms with E-state index in [1.165, 1.54) is 12.8 Å². The Labute approximate surface area is 163 Å². The van der Waals surface area contributed by atoms with E-state index in [2.05, 4.69) is 15.9 Å². The molecule has 0 bridgehead atoms. The first kappa shape index (κ1) is 18.7. The maximum Gasteiger partial charge on any atom is 0.185 e. The van der Waals surface area contributed by atoms with Gasteiger partial charge in [-0.1, -0.05) is 40.2 Å². The monoisotopic (exact) mass is 414 g/mol. The molecule has 3 rings (SSSR count). The van der Waals surface area contributed by atoms with Crippen LogP contribution in [0.3, 0.4) is 0 Å². The average Bonchev–Trinajstić information content (AvgIpc) is 3.15. The van der Waals surface area contributed by atoms with Gasteiger partial charge in [0, 0.05) is 10.0 Å². The first-order chi connectivity index (χ1) is 12.7. The van der Waals surface area contributed by atoms with Crippen molar-refractivity contribution in [2.75, 3.05) is 6.61 Å². The minimum Gasteiger partial charge on any atom is -0.490 e. The van der Waals surface area contributed by atoms with Gasteiger partial charge < -0.3 is 9.47 Å². The van der Waals surface area contributed by atoms with Gasteiger partial charge in [-0.25, -0.2) is 0 Å². The van der Waals surface area contributed by atoms with Gasteiger partial charge >= 0.3 is 0 Å². The number of hydrogen-bond donors (Lipinski definition) is 0. The largest absolute Gasteiger partial charge is 0.490 e. The maximum absolute atomic E-state index is 12.3. The normalized spacial score (nSPS) is 14.7. The second kappa shape index (κ2) is 9.04. The fourth-order valence-corrected chi connectivity index (χ4v) is 3.49. The van der Waals surface area contributed by atoms with Crippen LogP contribution in [0.4, 0.5) is 0 Å². The Bertz CT molecular complexity index is 792. The summed E-state index contributed by atoms with van der Waals surface area (Å²) in [5.74, 6) is 1.49. The van der Waals surface area contributed by atoms with Crippen LogP contribution in [-0.2, 0) is 0 Å². The predicted octanol–water partition coefficient (Wildman–Crippen LogP) is 6.07. The van der Waals surface area contributed by atoms with Crippen molar-refractivity contribution in [2.45, 2.75) is 38.7 Å². The molecule has 4 heteroatoms. The number of allylic oxidation sites excluding steroid dienone is 1. The Hall–Kier alpha value is -2.07. The number of benzene rings is 2. The number of ketones is 1. The van der Waals surface area contributed by atoms with Crippen LogP contribution < -0.4 is 9.47 Å². The highest BCUT2D eigenvalue weighted by Crippen LogP contribution is 2.33. The topological polar surface area (TPSA) is 35.5 Å². The summed E-state index contributed by atoms with van der Waals surface area (Å²) in [7, 11) is 0. The highest BCUT2D eigenvalue weighted by Gasteiger charge is 2.18. The standard InChI is InChI=1S/C22H23BrO3/c1-2-25-22-14-16(11-13-21(22)26-19-8-3-4-9-19)10-12-20(24)17-6-5-7-18(23)15-17/h5-7,10-15,19H,2-4,8-9H2,1H3/b12-10+. The average molecular weight is 415 g/mol. The number of carbonyl (C=O) groups is 1. The van der Waals surface area contributed by atoms with Crippen LogP contribution in [0.2, 0.25) is 0 Å². The van der Waals surface area contributed by atoms with E-state index >= 15 is 0 Å². The first-order valence-corrected chi connectivity index (χ1v) is 9.86. The summed E-state index contributed by atoms with van der Waals surface area (Å²) in [6, 6.07) is 13.2. The molecule has 0 radical (unpaired) electrons. The Balaban J connectivity index is 1.74. The third kappa shape index (κ3) is 4.98. The van der Waals surface area contributed by atoms with E-state index in [1.54, 1.807) is 6.08 Å². The lowest BCUT2D eigenvalue weighted by atomic mass is 10.1. The highest BCUT2D eigenvalue weighted by atomic mass is 79.9. The van der Waals surface area contributed by atoms with Crippen molar-refractivity contribution in [1.29, 1.82) is 0 Å². The van der Waals surface area contributed by atoms with Gasteiger partial charge in [-0.2, -0.15) is 0 Å². The first-order valence-electron chi connectivity index (χ1n) is 9.07. The minimum absolute atomic E-state index is 0.0319. The number of halogens is 1. The van der Waals surface area contributed by atoms with Gasteiger partial charge in [-0.05, 0) is 68.5 Å². The zero-order valence-electron chi connectivity index (χ0n) is 14.9. The van der Waals surface area contributed by atoms with Gasteiger partial charge in [0.2, 0.25) is 0 Å². The molecule has 0 saturated heterocycles. The van der Waals surface area contributed by atoms with Crippen LogP contribution in [0.5, 0.6) is 11.5 Å². The molecule has 0 atom stereocenters. The van der Waals surface area contributed by atoms with Crippen molar-refractivity contribution in [3.8, 4) is 11.5 Å². The highest BCUT2D eigenvalue weighted by molar-refractivity contribution is 9.10. The van der Waals surface area contributed by atoms with E-state index in [0.717, 1.165) is 34.4 Å². The molecule has 0 amide bonds. The van der Waals surface area contributed by atoms with Crippen molar-refractivity contribution >= 4 is 27.8 Å². The van der Waals surface area contributed by atoms with E-state index in [0.29, 0.717) is 12.2 Å². The Morgan fingerprint density at radius 3 is 2.69 bits per heavy atom. The molecule has 0 spiro atoms.